The van der Waals surface area contributed by atoms with Crippen molar-refractivity contribution in [3.8, 4) is 0 Å². The van der Waals surface area contributed by atoms with Crippen LogP contribution in [-0.2, 0) is 0 Å². The van der Waals surface area contributed by atoms with Gasteiger partial charge in [-0.05, 0) is 35.4 Å². The molecule has 5 rings (SSSR count). The minimum Gasteiger partial charge on any atom is -0.438 e. The van der Waals surface area contributed by atoms with Crippen LogP contribution in [0.1, 0.15) is 27.5 Å². The molecule has 3 aromatic carbocycles. The van der Waals surface area contributed by atoms with Crippen molar-refractivity contribution in [1.82, 2.24) is 5.32 Å². The molecule has 0 aliphatic heterocycles. The van der Waals surface area contributed by atoms with Gasteiger partial charge in [0.2, 0.25) is 5.55 Å². The molecule has 32 heavy (non-hydrogen) atoms. The third-order valence-corrected chi connectivity index (χ3v) is 5.32. The summed E-state index contributed by atoms with van der Waals surface area (Å²) in [5.41, 5.74) is 1.77. The maximum absolute atomic E-state index is 13.3. The van der Waals surface area contributed by atoms with E-state index in [0.717, 1.165) is 11.1 Å². The molecular weight excluding hydrogens is 404 g/mol. The number of carbonyl (C=O) groups is 1. The Labute approximate surface area is 182 Å². The van der Waals surface area contributed by atoms with E-state index >= 15 is 0 Å². The van der Waals surface area contributed by atoms with Crippen LogP contribution in [0.2, 0.25) is 0 Å². The van der Waals surface area contributed by atoms with Crippen LogP contribution in [0, 0.1) is 5.41 Å². The van der Waals surface area contributed by atoms with Gasteiger partial charge in [0.05, 0.1) is 11.4 Å². The van der Waals surface area contributed by atoms with Gasteiger partial charge < -0.3 is 14.2 Å². The number of nitrogens with one attached hydrogen (secondary N) is 2. The van der Waals surface area contributed by atoms with Gasteiger partial charge in [-0.2, -0.15) is 0 Å². The van der Waals surface area contributed by atoms with Crippen molar-refractivity contribution in [2.45, 2.75) is 6.04 Å². The summed E-state index contributed by atoms with van der Waals surface area (Å²) < 4.78 is 11.0. The number of hydrogen-bond acceptors (Lipinski definition) is 5. The molecule has 2 heterocycles. The molecule has 6 heteroatoms. The molecule has 0 aliphatic carbocycles. The minimum absolute atomic E-state index is 0.0494. The normalized spacial score (nSPS) is 11.2. The lowest BCUT2D eigenvalue weighted by Crippen LogP contribution is -2.32. The highest BCUT2D eigenvalue weighted by Crippen LogP contribution is 2.25. The summed E-state index contributed by atoms with van der Waals surface area (Å²) in [5.74, 6) is -0.464. The molecule has 0 aliphatic rings. The van der Waals surface area contributed by atoms with Gasteiger partial charge in [-0.1, -0.05) is 60.7 Å². The average Bonchev–Trinajstić information content (AvgIpc) is 2.83. The summed E-state index contributed by atoms with van der Waals surface area (Å²) >= 11 is 0. The van der Waals surface area contributed by atoms with E-state index in [0.29, 0.717) is 21.9 Å². The van der Waals surface area contributed by atoms with Crippen molar-refractivity contribution in [3.05, 3.63) is 124 Å². The van der Waals surface area contributed by atoms with Crippen LogP contribution < -0.4 is 16.5 Å². The number of fused-ring (bicyclic) bond motifs is 3. The Morgan fingerprint density at radius 1 is 0.812 bits per heavy atom. The number of amides is 1. The largest absolute Gasteiger partial charge is 0.438 e. The zero-order valence-corrected chi connectivity index (χ0v) is 16.9. The third kappa shape index (κ3) is 3.58. The molecule has 6 nitrogen and oxygen atoms in total. The van der Waals surface area contributed by atoms with Gasteiger partial charge in [-0.25, -0.2) is 4.79 Å². The highest BCUT2D eigenvalue weighted by atomic mass is 16.4. The molecule has 2 aromatic heterocycles. The molecular formula is C26H18N2O4. The zero-order valence-electron chi connectivity index (χ0n) is 16.9. The summed E-state index contributed by atoms with van der Waals surface area (Å²) in [4.78, 5) is 25.0. The molecule has 156 valence electrons. The van der Waals surface area contributed by atoms with Gasteiger partial charge in [0.25, 0.3) is 5.91 Å². The predicted molar refractivity (Wildman–Crippen MR) is 120 cm³/mol. The van der Waals surface area contributed by atoms with E-state index < -0.39 is 17.6 Å². The van der Waals surface area contributed by atoms with E-state index in [1.165, 1.54) is 12.1 Å². The lowest BCUT2D eigenvalue weighted by Gasteiger charge is -2.20. The molecule has 0 saturated carbocycles. The van der Waals surface area contributed by atoms with Crippen LogP contribution in [0.25, 0.3) is 21.9 Å². The van der Waals surface area contributed by atoms with E-state index in [-0.39, 0.29) is 11.1 Å². The quantitative estimate of drug-likeness (QED) is 0.328. The first-order valence-corrected chi connectivity index (χ1v) is 10.1. The maximum Gasteiger partial charge on any atom is 0.336 e. The molecule has 0 unspecified atom stereocenters. The second-order valence-electron chi connectivity index (χ2n) is 7.37. The Balaban J connectivity index is 1.61. The van der Waals surface area contributed by atoms with E-state index in [1.54, 1.807) is 18.2 Å². The molecule has 5 aromatic rings. The molecule has 2 N–H and O–H groups in total. The number of carbonyl (C=O) groups excluding carboxylic acids is 1. The van der Waals surface area contributed by atoms with Crippen LogP contribution in [-0.4, -0.2) is 5.91 Å². The summed E-state index contributed by atoms with van der Waals surface area (Å²) in [6, 6.07) is 26.8. The molecule has 0 fully saturated rings. The van der Waals surface area contributed by atoms with Gasteiger partial charge in [-0.15, -0.1) is 0 Å². The molecule has 0 bridgehead atoms. The van der Waals surface area contributed by atoms with Crippen LogP contribution in [0.15, 0.2) is 105 Å². The molecule has 0 atom stereocenters. The van der Waals surface area contributed by atoms with Crippen molar-refractivity contribution in [2.75, 3.05) is 0 Å². The molecule has 1 amide bonds. The van der Waals surface area contributed by atoms with Gasteiger partial charge in [0, 0.05) is 11.5 Å². The molecule has 0 spiro atoms. The fourth-order valence-electron chi connectivity index (χ4n) is 3.76. The van der Waals surface area contributed by atoms with Crippen molar-refractivity contribution in [2.24, 2.45) is 0 Å². The second kappa shape index (κ2) is 8.00. The van der Waals surface area contributed by atoms with Crippen LogP contribution >= 0.6 is 0 Å². The minimum atomic E-state index is -0.501. The Bertz CT molecular complexity index is 1510. The summed E-state index contributed by atoms with van der Waals surface area (Å²) in [6.45, 7) is 0. The lowest BCUT2D eigenvalue weighted by atomic mass is 9.98. The zero-order chi connectivity index (χ0) is 22.1. The first-order valence-electron chi connectivity index (χ1n) is 10.1. The predicted octanol–water partition coefficient (Wildman–Crippen LogP) is 4.54. The van der Waals surface area contributed by atoms with E-state index in [9.17, 15) is 9.59 Å². The fourth-order valence-corrected chi connectivity index (χ4v) is 3.76. The maximum atomic E-state index is 13.3. The first kappa shape index (κ1) is 19.5. The number of benzene rings is 3. The highest BCUT2D eigenvalue weighted by Gasteiger charge is 2.20. The first-order chi connectivity index (χ1) is 15.6. The van der Waals surface area contributed by atoms with Gasteiger partial charge in [-0.3, -0.25) is 10.2 Å². The Hall–Kier alpha value is -4.45. The Kier molecular flexibility index (Phi) is 4.88. The lowest BCUT2D eigenvalue weighted by molar-refractivity contribution is 0.0938. The summed E-state index contributed by atoms with van der Waals surface area (Å²) in [5, 5.41) is 12.4. The van der Waals surface area contributed by atoms with Gasteiger partial charge >= 0.3 is 5.63 Å². The monoisotopic (exact) mass is 422 g/mol. The van der Waals surface area contributed by atoms with Gasteiger partial charge in [0.15, 0.2) is 0 Å². The Morgan fingerprint density at radius 2 is 1.44 bits per heavy atom. The van der Waals surface area contributed by atoms with Crippen molar-refractivity contribution in [3.63, 3.8) is 0 Å². The highest BCUT2D eigenvalue weighted by molar-refractivity contribution is 6.05. The van der Waals surface area contributed by atoms with E-state index in [2.05, 4.69) is 5.32 Å². The topological polar surface area (TPSA) is 96.3 Å². The average molecular weight is 422 g/mol. The summed E-state index contributed by atoms with van der Waals surface area (Å²) in [6.07, 6.45) is 0. The van der Waals surface area contributed by atoms with E-state index in [4.69, 9.17) is 14.2 Å². The Morgan fingerprint density at radius 3 is 2.09 bits per heavy atom. The fraction of sp³-hybridized carbons (Fsp3) is 0.0385. The van der Waals surface area contributed by atoms with Crippen molar-refractivity contribution >= 4 is 27.8 Å². The van der Waals surface area contributed by atoms with Gasteiger partial charge in [0.1, 0.15) is 16.7 Å². The van der Waals surface area contributed by atoms with Crippen LogP contribution in [0.5, 0.6) is 0 Å². The SMILES string of the molecule is N=c1oc2ccc3ccc(=O)oc3c2cc1C(=O)NC(c1ccccc1)c1ccccc1. The molecule has 0 radical (unpaired) electrons. The number of rotatable bonds is 4. The third-order valence-electron chi connectivity index (χ3n) is 5.32. The second-order valence-corrected chi connectivity index (χ2v) is 7.37. The van der Waals surface area contributed by atoms with Crippen LogP contribution in [0.4, 0.5) is 0 Å². The summed E-state index contributed by atoms with van der Waals surface area (Å²) in [7, 11) is 0. The standard InChI is InChI=1S/C26H18N2O4/c27-25-20(15-19-21(31-25)13-11-18-12-14-22(29)32-24(18)19)26(30)28-23(16-7-3-1-4-8-16)17-9-5-2-6-10-17/h1-15,23,27H,(H,28,30). The van der Waals surface area contributed by atoms with Crippen LogP contribution in [0.3, 0.4) is 0 Å². The molecule has 0 saturated heterocycles. The smallest absolute Gasteiger partial charge is 0.336 e. The number of hydrogen-bond donors (Lipinski definition) is 2. The van der Waals surface area contributed by atoms with Crippen molar-refractivity contribution in [1.29, 1.82) is 5.41 Å². The van der Waals surface area contributed by atoms with E-state index in [1.807, 2.05) is 60.7 Å². The van der Waals surface area contributed by atoms with Crippen molar-refractivity contribution < 1.29 is 13.6 Å².